The van der Waals surface area contributed by atoms with Crippen molar-refractivity contribution in [3.8, 4) is 0 Å². The summed E-state index contributed by atoms with van der Waals surface area (Å²) in [5.74, 6) is -1.89. The van der Waals surface area contributed by atoms with Crippen molar-refractivity contribution in [3.05, 3.63) is 35.4 Å². The Hall–Kier alpha value is -1.00. The van der Waals surface area contributed by atoms with Gasteiger partial charge in [0.25, 0.3) is 0 Å². The molecule has 0 aliphatic rings. The molecule has 1 unspecified atom stereocenters. The fourth-order valence-corrected chi connectivity index (χ4v) is 1.30. The van der Waals surface area contributed by atoms with Gasteiger partial charge in [0.15, 0.2) is 11.6 Å². The molecular weight excluding hydrogens is 200 g/mol. The van der Waals surface area contributed by atoms with Gasteiger partial charge in [-0.1, -0.05) is 19.1 Å². The molecule has 1 atom stereocenters. The van der Waals surface area contributed by atoms with Crippen LogP contribution in [-0.4, -0.2) is 30.1 Å². The lowest BCUT2D eigenvalue weighted by atomic mass is 10.1. The second-order valence-electron chi connectivity index (χ2n) is 3.51. The Labute approximate surface area is 88.1 Å². The Morgan fingerprint density at radius 1 is 1.40 bits per heavy atom. The van der Waals surface area contributed by atoms with E-state index >= 15 is 0 Å². The quantitative estimate of drug-likeness (QED) is 0.829. The molecule has 0 bridgehead atoms. The zero-order valence-electron chi connectivity index (χ0n) is 8.87. The van der Waals surface area contributed by atoms with Gasteiger partial charge in [0.1, 0.15) is 0 Å². The number of aliphatic hydroxyl groups is 1. The molecular formula is C11H15F2NO. The first-order chi connectivity index (χ1) is 7.06. The second-order valence-corrected chi connectivity index (χ2v) is 3.51. The van der Waals surface area contributed by atoms with E-state index < -0.39 is 17.7 Å². The fourth-order valence-electron chi connectivity index (χ4n) is 1.30. The van der Waals surface area contributed by atoms with Gasteiger partial charge in [-0.25, -0.2) is 8.78 Å². The molecule has 1 rings (SSSR count). The van der Waals surface area contributed by atoms with E-state index in [2.05, 4.69) is 0 Å². The zero-order chi connectivity index (χ0) is 11.4. The maximum Gasteiger partial charge on any atom is 0.164 e. The van der Waals surface area contributed by atoms with Crippen LogP contribution < -0.4 is 0 Å². The van der Waals surface area contributed by atoms with Gasteiger partial charge >= 0.3 is 0 Å². The van der Waals surface area contributed by atoms with Crippen molar-refractivity contribution in [1.29, 1.82) is 0 Å². The standard InChI is InChI=1S/C11H15F2NO/c1-3-14(2)7-10(15)8-5-4-6-9(12)11(8)13/h4-6,10,15H,3,7H2,1-2H3. The van der Waals surface area contributed by atoms with E-state index in [0.29, 0.717) is 0 Å². The molecule has 0 fully saturated rings. The number of hydrogen-bond donors (Lipinski definition) is 1. The lowest BCUT2D eigenvalue weighted by Gasteiger charge is -2.19. The molecule has 0 saturated carbocycles. The van der Waals surface area contributed by atoms with Crippen molar-refractivity contribution in [2.24, 2.45) is 0 Å². The van der Waals surface area contributed by atoms with Gasteiger partial charge in [-0.3, -0.25) is 0 Å². The van der Waals surface area contributed by atoms with Crippen LogP contribution >= 0.6 is 0 Å². The molecule has 84 valence electrons. The molecule has 4 heteroatoms. The third-order valence-corrected chi connectivity index (χ3v) is 2.36. The molecule has 0 aromatic heterocycles. The minimum absolute atomic E-state index is 0.00954. The van der Waals surface area contributed by atoms with E-state index in [9.17, 15) is 13.9 Å². The number of hydrogen-bond acceptors (Lipinski definition) is 2. The van der Waals surface area contributed by atoms with E-state index in [1.807, 2.05) is 11.8 Å². The van der Waals surface area contributed by atoms with Crippen LogP contribution in [0.25, 0.3) is 0 Å². The number of aliphatic hydroxyl groups excluding tert-OH is 1. The van der Waals surface area contributed by atoms with Crippen molar-refractivity contribution in [1.82, 2.24) is 4.90 Å². The van der Waals surface area contributed by atoms with Crippen molar-refractivity contribution in [2.75, 3.05) is 20.1 Å². The fraction of sp³-hybridized carbons (Fsp3) is 0.455. The number of likely N-dealkylation sites (N-methyl/N-ethyl adjacent to an activating group) is 1. The maximum absolute atomic E-state index is 13.3. The molecule has 0 aliphatic heterocycles. The Morgan fingerprint density at radius 2 is 2.07 bits per heavy atom. The van der Waals surface area contributed by atoms with Crippen LogP contribution in [0.2, 0.25) is 0 Å². The molecule has 0 aliphatic carbocycles. The molecule has 1 N–H and O–H groups in total. The highest BCUT2D eigenvalue weighted by Gasteiger charge is 2.16. The van der Waals surface area contributed by atoms with Crippen LogP contribution in [0.1, 0.15) is 18.6 Å². The first-order valence-corrected chi connectivity index (χ1v) is 4.86. The summed E-state index contributed by atoms with van der Waals surface area (Å²) in [6, 6.07) is 3.82. The van der Waals surface area contributed by atoms with Crippen LogP contribution in [0.3, 0.4) is 0 Å². The van der Waals surface area contributed by atoms with Crippen LogP contribution in [-0.2, 0) is 0 Å². The molecule has 1 aromatic rings. The Kier molecular flexibility index (Phi) is 4.17. The summed E-state index contributed by atoms with van der Waals surface area (Å²) < 4.78 is 26.1. The molecule has 0 radical (unpaired) electrons. The van der Waals surface area contributed by atoms with Gasteiger partial charge < -0.3 is 10.0 Å². The van der Waals surface area contributed by atoms with Crippen molar-refractivity contribution >= 4 is 0 Å². The Morgan fingerprint density at radius 3 is 2.67 bits per heavy atom. The van der Waals surface area contributed by atoms with E-state index in [1.54, 1.807) is 7.05 Å². The maximum atomic E-state index is 13.3. The number of halogens is 2. The van der Waals surface area contributed by atoms with E-state index in [0.717, 1.165) is 12.6 Å². The van der Waals surface area contributed by atoms with Crippen molar-refractivity contribution in [3.63, 3.8) is 0 Å². The third kappa shape index (κ3) is 2.97. The highest BCUT2D eigenvalue weighted by Crippen LogP contribution is 2.19. The van der Waals surface area contributed by atoms with Gasteiger partial charge in [0.05, 0.1) is 6.10 Å². The summed E-state index contributed by atoms with van der Waals surface area (Å²) in [6.45, 7) is 2.96. The first kappa shape index (κ1) is 12.1. The second kappa shape index (κ2) is 5.19. The average Bonchev–Trinajstić information content (AvgIpc) is 2.21. The summed E-state index contributed by atoms with van der Waals surface area (Å²) in [4.78, 5) is 1.83. The lowest BCUT2D eigenvalue weighted by Crippen LogP contribution is -2.24. The van der Waals surface area contributed by atoms with Crippen molar-refractivity contribution < 1.29 is 13.9 Å². The molecule has 1 aromatic carbocycles. The predicted molar refractivity (Wildman–Crippen MR) is 54.5 cm³/mol. The molecule has 15 heavy (non-hydrogen) atoms. The molecule has 0 saturated heterocycles. The smallest absolute Gasteiger partial charge is 0.164 e. The minimum atomic E-state index is -0.995. The largest absolute Gasteiger partial charge is 0.387 e. The highest BCUT2D eigenvalue weighted by molar-refractivity contribution is 5.21. The molecule has 0 spiro atoms. The summed E-state index contributed by atoms with van der Waals surface area (Å²) in [5, 5.41) is 9.68. The Bertz CT molecular complexity index is 330. The number of rotatable bonds is 4. The topological polar surface area (TPSA) is 23.5 Å². The van der Waals surface area contributed by atoms with Crippen molar-refractivity contribution in [2.45, 2.75) is 13.0 Å². The van der Waals surface area contributed by atoms with Crippen LogP contribution in [0, 0.1) is 11.6 Å². The Balaban J connectivity index is 2.82. The van der Waals surface area contributed by atoms with Gasteiger partial charge in [0, 0.05) is 12.1 Å². The SMILES string of the molecule is CCN(C)CC(O)c1cccc(F)c1F. The number of benzene rings is 1. The average molecular weight is 215 g/mol. The zero-order valence-corrected chi connectivity index (χ0v) is 8.87. The van der Waals surface area contributed by atoms with Gasteiger partial charge in [-0.05, 0) is 19.7 Å². The normalized spacial score (nSPS) is 13.2. The number of nitrogens with zero attached hydrogens (tertiary/aromatic N) is 1. The van der Waals surface area contributed by atoms with E-state index in [4.69, 9.17) is 0 Å². The summed E-state index contributed by atoms with van der Waals surface area (Å²) in [7, 11) is 1.81. The van der Waals surface area contributed by atoms with Crippen LogP contribution in [0.5, 0.6) is 0 Å². The minimum Gasteiger partial charge on any atom is -0.387 e. The molecule has 0 heterocycles. The van der Waals surface area contributed by atoms with Gasteiger partial charge in [-0.15, -0.1) is 0 Å². The highest BCUT2D eigenvalue weighted by atomic mass is 19.2. The summed E-state index contributed by atoms with van der Waals surface area (Å²) in [5.41, 5.74) is 0.00954. The summed E-state index contributed by atoms with van der Waals surface area (Å²) in [6.07, 6.45) is -0.995. The monoisotopic (exact) mass is 215 g/mol. The van der Waals surface area contributed by atoms with Crippen LogP contribution in [0.4, 0.5) is 8.78 Å². The third-order valence-electron chi connectivity index (χ3n) is 2.36. The van der Waals surface area contributed by atoms with E-state index in [1.165, 1.54) is 12.1 Å². The first-order valence-electron chi connectivity index (χ1n) is 4.86. The molecule has 2 nitrogen and oxygen atoms in total. The molecule has 0 amide bonds. The lowest BCUT2D eigenvalue weighted by molar-refractivity contribution is 0.125. The summed E-state index contributed by atoms with van der Waals surface area (Å²) >= 11 is 0. The van der Waals surface area contributed by atoms with Gasteiger partial charge in [0.2, 0.25) is 0 Å². The predicted octanol–water partition coefficient (Wildman–Crippen LogP) is 1.95. The van der Waals surface area contributed by atoms with Gasteiger partial charge in [-0.2, -0.15) is 0 Å². The van der Waals surface area contributed by atoms with E-state index in [-0.39, 0.29) is 12.1 Å². The van der Waals surface area contributed by atoms with Crippen LogP contribution in [0.15, 0.2) is 18.2 Å².